The summed E-state index contributed by atoms with van der Waals surface area (Å²) in [6.07, 6.45) is 0. The van der Waals surface area contributed by atoms with Gasteiger partial charge in [-0.1, -0.05) is 38.1 Å². The molecule has 0 saturated carbocycles. The lowest BCUT2D eigenvalue weighted by Crippen LogP contribution is -2.29. The molecule has 3 aromatic rings. The second-order valence-electron chi connectivity index (χ2n) is 10.3. The van der Waals surface area contributed by atoms with Crippen LogP contribution in [0, 0.1) is 0 Å². The van der Waals surface area contributed by atoms with Gasteiger partial charge in [-0.2, -0.15) is 0 Å². The Hall–Kier alpha value is -4.59. The van der Waals surface area contributed by atoms with E-state index >= 15 is 0 Å². The van der Waals surface area contributed by atoms with Crippen molar-refractivity contribution in [1.82, 2.24) is 4.90 Å². The standard InChI is InChI=1S/C32H34N2O6/c1-6-40-26-16-13-23(17-25(26)19(2)3)29(35)27-28(21-11-14-24(15-12-21)33(4)5)34(31(37)30(27)36)18-20-7-9-22(10-8-20)32(38)39/h7-17,19,28,35H,6,18H2,1-5H3,(H,38,39)/b29-27-. The fraction of sp³-hybridized carbons (Fsp3) is 0.281. The number of likely N-dealkylation sites (tertiary alicyclic amines) is 1. The first-order chi connectivity index (χ1) is 19.0. The van der Waals surface area contributed by atoms with E-state index in [1.807, 2.05) is 64.0 Å². The summed E-state index contributed by atoms with van der Waals surface area (Å²) in [4.78, 5) is 41.6. The summed E-state index contributed by atoms with van der Waals surface area (Å²) in [5.74, 6) is -2.02. The number of hydrogen-bond donors (Lipinski definition) is 2. The summed E-state index contributed by atoms with van der Waals surface area (Å²) in [7, 11) is 3.83. The van der Waals surface area contributed by atoms with Gasteiger partial charge in [0.1, 0.15) is 11.5 Å². The van der Waals surface area contributed by atoms with Crippen LogP contribution in [0.4, 0.5) is 5.69 Å². The maximum Gasteiger partial charge on any atom is 0.335 e. The molecule has 2 N–H and O–H groups in total. The van der Waals surface area contributed by atoms with E-state index in [2.05, 4.69) is 0 Å². The average molecular weight is 543 g/mol. The fourth-order valence-electron chi connectivity index (χ4n) is 4.88. The summed E-state index contributed by atoms with van der Waals surface area (Å²) < 4.78 is 5.76. The minimum atomic E-state index is -1.05. The minimum Gasteiger partial charge on any atom is -0.507 e. The van der Waals surface area contributed by atoms with Gasteiger partial charge in [-0.25, -0.2) is 4.79 Å². The first-order valence-electron chi connectivity index (χ1n) is 13.2. The van der Waals surface area contributed by atoms with Crippen LogP contribution in [0.2, 0.25) is 0 Å². The van der Waals surface area contributed by atoms with E-state index in [0.717, 1.165) is 11.3 Å². The lowest BCUT2D eigenvalue weighted by Gasteiger charge is -2.26. The molecule has 1 atom stereocenters. The zero-order chi connectivity index (χ0) is 29.1. The Morgan fingerprint density at radius 2 is 1.57 bits per heavy atom. The Morgan fingerprint density at radius 3 is 2.12 bits per heavy atom. The molecule has 4 rings (SSSR count). The maximum absolute atomic E-state index is 13.5. The number of aromatic carboxylic acids is 1. The van der Waals surface area contributed by atoms with Gasteiger partial charge in [0.15, 0.2) is 0 Å². The lowest BCUT2D eigenvalue weighted by atomic mass is 9.93. The highest BCUT2D eigenvalue weighted by Gasteiger charge is 2.46. The topological polar surface area (TPSA) is 107 Å². The van der Waals surface area contributed by atoms with Crippen LogP contribution in [-0.4, -0.2) is 53.5 Å². The van der Waals surface area contributed by atoms with Crippen LogP contribution < -0.4 is 9.64 Å². The monoisotopic (exact) mass is 542 g/mol. The van der Waals surface area contributed by atoms with Gasteiger partial charge in [0.05, 0.1) is 23.8 Å². The lowest BCUT2D eigenvalue weighted by molar-refractivity contribution is -0.140. The predicted octanol–water partition coefficient (Wildman–Crippen LogP) is 5.59. The van der Waals surface area contributed by atoms with Gasteiger partial charge in [-0.3, -0.25) is 9.59 Å². The Bertz CT molecular complexity index is 1460. The molecule has 0 spiro atoms. The molecular weight excluding hydrogens is 508 g/mol. The van der Waals surface area contributed by atoms with Crippen LogP contribution in [0.25, 0.3) is 5.76 Å². The van der Waals surface area contributed by atoms with Crippen molar-refractivity contribution in [1.29, 1.82) is 0 Å². The van der Waals surface area contributed by atoms with Gasteiger partial charge in [0.2, 0.25) is 0 Å². The number of anilines is 1. The van der Waals surface area contributed by atoms with Gasteiger partial charge in [0, 0.05) is 31.9 Å². The fourth-order valence-corrected chi connectivity index (χ4v) is 4.88. The molecule has 0 aromatic heterocycles. The van der Waals surface area contributed by atoms with Crippen molar-refractivity contribution >= 4 is 29.1 Å². The molecule has 208 valence electrons. The Labute approximate surface area is 234 Å². The Kier molecular flexibility index (Phi) is 8.28. The summed E-state index contributed by atoms with van der Waals surface area (Å²) in [6.45, 7) is 6.48. The number of carboxylic acids is 1. The summed E-state index contributed by atoms with van der Waals surface area (Å²) >= 11 is 0. The van der Waals surface area contributed by atoms with Crippen molar-refractivity contribution in [2.75, 3.05) is 25.6 Å². The number of aliphatic hydroxyl groups is 1. The van der Waals surface area contributed by atoms with Gasteiger partial charge < -0.3 is 24.7 Å². The van der Waals surface area contributed by atoms with E-state index in [-0.39, 0.29) is 29.4 Å². The zero-order valence-electron chi connectivity index (χ0n) is 23.3. The van der Waals surface area contributed by atoms with Crippen molar-refractivity contribution in [3.05, 3.63) is 100 Å². The number of aliphatic hydroxyl groups excluding tert-OH is 1. The normalized spacial score (nSPS) is 16.4. The summed E-state index contributed by atoms with van der Waals surface area (Å²) in [5, 5.41) is 20.8. The molecule has 1 aliphatic rings. The van der Waals surface area contributed by atoms with Crippen LogP contribution >= 0.6 is 0 Å². The van der Waals surface area contributed by atoms with Crippen LogP contribution in [0.3, 0.4) is 0 Å². The number of nitrogens with zero attached hydrogens (tertiary/aromatic N) is 2. The number of carbonyl (C=O) groups is 3. The molecule has 8 nitrogen and oxygen atoms in total. The number of Topliss-reactive ketones (excluding diaryl/α,β-unsaturated/α-hetero) is 1. The maximum atomic E-state index is 13.5. The molecule has 1 amide bonds. The van der Waals surface area contributed by atoms with E-state index in [4.69, 9.17) is 4.74 Å². The van der Waals surface area contributed by atoms with Crippen LogP contribution in [-0.2, 0) is 16.1 Å². The van der Waals surface area contributed by atoms with Crippen molar-refractivity contribution < 1.29 is 29.3 Å². The van der Waals surface area contributed by atoms with Crippen LogP contribution in [0.1, 0.15) is 65.3 Å². The summed E-state index contributed by atoms with van der Waals surface area (Å²) in [6, 6.07) is 18.1. The van der Waals surface area contributed by atoms with E-state index in [9.17, 15) is 24.6 Å². The molecule has 0 radical (unpaired) electrons. The van der Waals surface area contributed by atoms with Gasteiger partial charge in [-0.15, -0.1) is 0 Å². The number of ketones is 1. The van der Waals surface area contributed by atoms with Crippen molar-refractivity contribution in [3.63, 3.8) is 0 Å². The van der Waals surface area contributed by atoms with Crippen molar-refractivity contribution in [3.8, 4) is 5.75 Å². The average Bonchev–Trinajstić information content (AvgIpc) is 3.18. The highest BCUT2D eigenvalue weighted by Crippen LogP contribution is 2.41. The second kappa shape index (κ2) is 11.7. The zero-order valence-corrected chi connectivity index (χ0v) is 23.3. The number of ether oxygens (including phenoxy) is 1. The summed E-state index contributed by atoms with van der Waals surface area (Å²) in [5.41, 5.74) is 3.70. The third-order valence-corrected chi connectivity index (χ3v) is 7.02. The quantitative estimate of drug-likeness (QED) is 0.206. The Morgan fingerprint density at radius 1 is 0.950 bits per heavy atom. The third kappa shape index (κ3) is 5.57. The third-order valence-electron chi connectivity index (χ3n) is 7.02. The van der Waals surface area contributed by atoms with Crippen LogP contribution in [0.15, 0.2) is 72.3 Å². The molecule has 1 saturated heterocycles. The number of carbonyl (C=O) groups excluding carboxylic acids is 2. The minimum absolute atomic E-state index is 0.00336. The van der Waals surface area contributed by atoms with Gasteiger partial charge in [0.25, 0.3) is 11.7 Å². The molecule has 3 aromatic carbocycles. The molecule has 8 heteroatoms. The van der Waals surface area contributed by atoms with E-state index in [0.29, 0.717) is 29.0 Å². The first kappa shape index (κ1) is 28.4. The number of carboxylic acid groups (broad SMARTS) is 1. The molecule has 40 heavy (non-hydrogen) atoms. The number of rotatable bonds is 9. The van der Waals surface area contributed by atoms with Crippen molar-refractivity contribution in [2.45, 2.75) is 39.3 Å². The molecule has 1 heterocycles. The van der Waals surface area contributed by atoms with E-state index in [1.54, 1.807) is 30.3 Å². The molecule has 1 unspecified atom stereocenters. The first-order valence-corrected chi connectivity index (χ1v) is 13.2. The molecule has 1 aliphatic heterocycles. The number of hydrogen-bond acceptors (Lipinski definition) is 6. The van der Waals surface area contributed by atoms with E-state index < -0.39 is 23.7 Å². The predicted molar refractivity (Wildman–Crippen MR) is 154 cm³/mol. The highest BCUT2D eigenvalue weighted by atomic mass is 16.5. The van der Waals surface area contributed by atoms with Crippen molar-refractivity contribution in [2.24, 2.45) is 0 Å². The van der Waals surface area contributed by atoms with Crippen LogP contribution in [0.5, 0.6) is 5.75 Å². The molecular formula is C32H34N2O6. The largest absolute Gasteiger partial charge is 0.507 e. The Balaban J connectivity index is 1.84. The highest BCUT2D eigenvalue weighted by molar-refractivity contribution is 6.46. The molecule has 0 bridgehead atoms. The smallest absolute Gasteiger partial charge is 0.335 e. The molecule has 1 fully saturated rings. The van der Waals surface area contributed by atoms with Gasteiger partial charge in [-0.05, 0) is 72.0 Å². The number of benzene rings is 3. The number of amides is 1. The SMILES string of the molecule is CCOc1ccc(/C(O)=C2/C(=O)C(=O)N(Cc3ccc(C(=O)O)cc3)C2c2ccc(N(C)C)cc2)cc1C(C)C. The van der Waals surface area contributed by atoms with E-state index in [1.165, 1.54) is 17.0 Å². The molecule has 0 aliphatic carbocycles. The van der Waals surface area contributed by atoms with Gasteiger partial charge >= 0.3 is 5.97 Å². The second-order valence-corrected chi connectivity index (χ2v) is 10.3.